The summed E-state index contributed by atoms with van der Waals surface area (Å²) in [7, 11) is 0. The lowest BCUT2D eigenvalue weighted by atomic mass is 10.2. The van der Waals surface area contributed by atoms with Gasteiger partial charge in [-0.2, -0.15) is 0 Å². The molecule has 0 bridgehead atoms. The molecule has 0 aliphatic heterocycles. The van der Waals surface area contributed by atoms with Crippen molar-refractivity contribution < 1.29 is 9.90 Å². The van der Waals surface area contributed by atoms with Crippen molar-refractivity contribution in [2.45, 2.75) is 26.5 Å². The third-order valence-electron chi connectivity index (χ3n) is 3.72. The standard InChI is InChI=1S/C16H22N2O2/c1-3-17(4-2)10-14(20)11-18-9-13(12-19)15-7-5-6-8-16(15)18/h5-9,12,14,20H,3-4,10-11H2,1-2H3. The molecule has 0 saturated heterocycles. The molecule has 0 aliphatic carbocycles. The number of rotatable bonds is 7. The smallest absolute Gasteiger partial charge is 0.152 e. The fourth-order valence-corrected chi connectivity index (χ4v) is 2.58. The van der Waals surface area contributed by atoms with Crippen LogP contribution in [0.5, 0.6) is 0 Å². The van der Waals surface area contributed by atoms with E-state index in [2.05, 4.69) is 18.7 Å². The Hall–Kier alpha value is -1.65. The van der Waals surface area contributed by atoms with Crippen LogP contribution < -0.4 is 0 Å². The Morgan fingerprint density at radius 1 is 1.30 bits per heavy atom. The summed E-state index contributed by atoms with van der Waals surface area (Å²) in [6, 6.07) is 7.79. The largest absolute Gasteiger partial charge is 0.390 e. The van der Waals surface area contributed by atoms with Gasteiger partial charge in [-0.05, 0) is 19.2 Å². The van der Waals surface area contributed by atoms with Crippen LogP contribution in [0.25, 0.3) is 10.9 Å². The van der Waals surface area contributed by atoms with Gasteiger partial charge in [0, 0.05) is 35.8 Å². The van der Waals surface area contributed by atoms with Crippen LogP contribution in [-0.4, -0.2) is 46.6 Å². The lowest BCUT2D eigenvalue weighted by Gasteiger charge is -2.22. The van der Waals surface area contributed by atoms with E-state index in [1.165, 1.54) is 0 Å². The van der Waals surface area contributed by atoms with Gasteiger partial charge >= 0.3 is 0 Å². The Morgan fingerprint density at radius 3 is 2.65 bits per heavy atom. The number of carbonyl (C=O) groups excluding carboxylic acids is 1. The fraction of sp³-hybridized carbons (Fsp3) is 0.438. The zero-order chi connectivity index (χ0) is 14.5. The summed E-state index contributed by atoms with van der Waals surface area (Å²) in [6.45, 7) is 7.19. The molecule has 4 nitrogen and oxygen atoms in total. The average Bonchev–Trinajstić information content (AvgIpc) is 2.83. The number of fused-ring (bicyclic) bond motifs is 1. The van der Waals surface area contributed by atoms with Crippen LogP contribution in [0.3, 0.4) is 0 Å². The van der Waals surface area contributed by atoms with Crippen molar-refractivity contribution in [1.29, 1.82) is 0 Å². The summed E-state index contributed by atoms with van der Waals surface area (Å²) < 4.78 is 1.97. The molecule has 2 aromatic rings. The second-order valence-electron chi connectivity index (χ2n) is 5.01. The number of para-hydroxylation sites is 1. The van der Waals surface area contributed by atoms with Crippen molar-refractivity contribution in [3.8, 4) is 0 Å². The summed E-state index contributed by atoms with van der Waals surface area (Å²) in [5.41, 5.74) is 1.67. The van der Waals surface area contributed by atoms with Gasteiger partial charge in [0.15, 0.2) is 6.29 Å². The summed E-state index contributed by atoms with van der Waals surface area (Å²) in [5, 5.41) is 11.2. The highest BCUT2D eigenvalue weighted by Crippen LogP contribution is 2.20. The Balaban J connectivity index is 2.19. The molecular formula is C16H22N2O2. The van der Waals surface area contributed by atoms with E-state index in [-0.39, 0.29) is 0 Å². The molecule has 0 fully saturated rings. The van der Waals surface area contributed by atoms with Gasteiger partial charge < -0.3 is 14.6 Å². The van der Waals surface area contributed by atoms with Gasteiger partial charge in [0.2, 0.25) is 0 Å². The number of hydrogen-bond donors (Lipinski definition) is 1. The minimum absolute atomic E-state index is 0.440. The van der Waals surface area contributed by atoms with Gasteiger partial charge in [-0.3, -0.25) is 4.79 Å². The number of aromatic nitrogens is 1. The third kappa shape index (κ3) is 3.08. The molecule has 0 saturated carbocycles. The van der Waals surface area contributed by atoms with Crippen LogP contribution in [0.15, 0.2) is 30.5 Å². The SMILES string of the molecule is CCN(CC)CC(O)Cn1cc(C=O)c2ccccc21. The van der Waals surface area contributed by atoms with E-state index >= 15 is 0 Å². The van der Waals surface area contributed by atoms with Gasteiger partial charge in [-0.1, -0.05) is 32.0 Å². The molecule has 0 amide bonds. The lowest BCUT2D eigenvalue weighted by molar-refractivity contribution is 0.104. The van der Waals surface area contributed by atoms with E-state index in [0.29, 0.717) is 18.7 Å². The maximum atomic E-state index is 11.1. The van der Waals surface area contributed by atoms with Crippen molar-refractivity contribution in [3.63, 3.8) is 0 Å². The maximum Gasteiger partial charge on any atom is 0.152 e. The molecule has 1 atom stereocenters. The van der Waals surface area contributed by atoms with E-state index in [0.717, 1.165) is 30.3 Å². The second-order valence-corrected chi connectivity index (χ2v) is 5.01. The summed E-state index contributed by atoms with van der Waals surface area (Å²) in [4.78, 5) is 13.3. The minimum atomic E-state index is -0.440. The average molecular weight is 274 g/mol. The number of aldehydes is 1. The van der Waals surface area contributed by atoms with Crippen LogP contribution >= 0.6 is 0 Å². The number of benzene rings is 1. The molecule has 0 aliphatic rings. The highest BCUT2D eigenvalue weighted by molar-refractivity contribution is 5.97. The van der Waals surface area contributed by atoms with Crippen LogP contribution in [-0.2, 0) is 6.54 Å². The number of aliphatic hydroxyl groups excluding tert-OH is 1. The lowest BCUT2D eigenvalue weighted by Crippen LogP contribution is -2.34. The van der Waals surface area contributed by atoms with Crippen LogP contribution in [0.1, 0.15) is 24.2 Å². The Morgan fingerprint density at radius 2 is 2.00 bits per heavy atom. The minimum Gasteiger partial charge on any atom is -0.390 e. The van der Waals surface area contributed by atoms with E-state index in [1.54, 1.807) is 0 Å². The topological polar surface area (TPSA) is 45.5 Å². The zero-order valence-electron chi connectivity index (χ0n) is 12.1. The number of carbonyl (C=O) groups is 1. The monoisotopic (exact) mass is 274 g/mol. The highest BCUT2D eigenvalue weighted by atomic mass is 16.3. The highest BCUT2D eigenvalue weighted by Gasteiger charge is 2.13. The molecule has 1 aromatic heterocycles. The number of aliphatic hydroxyl groups is 1. The molecule has 1 aromatic carbocycles. The molecule has 20 heavy (non-hydrogen) atoms. The van der Waals surface area contributed by atoms with Gasteiger partial charge in [-0.25, -0.2) is 0 Å². The number of hydrogen-bond acceptors (Lipinski definition) is 3. The predicted octanol–water partition coefficient (Wildman–Crippen LogP) is 2.16. The molecule has 108 valence electrons. The zero-order valence-corrected chi connectivity index (χ0v) is 12.1. The number of likely N-dealkylation sites (N-methyl/N-ethyl adjacent to an activating group) is 1. The Bertz CT molecular complexity index is 573. The summed E-state index contributed by atoms with van der Waals surface area (Å²) in [5.74, 6) is 0. The molecule has 0 radical (unpaired) electrons. The molecule has 1 N–H and O–H groups in total. The Labute approximate surface area is 119 Å². The van der Waals surface area contributed by atoms with Crippen molar-refractivity contribution in [1.82, 2.24) is 9.47 Å². The van der Waals surface area contributed by atoms with Crippen LogP contribution in [0.4, 0.5) is 0 Å². The normalized spacial score (nSPS) is 13.0. The predicted molar refractivity (Wildman–Crippen MR) is 81.1 cm³/mol. The van der Waals surface area contributed by atoms with Crippen molar-refractivity contribution >= 4 is 17.2 Å². The van der Waals surface area contributed by atoms with Crippen molar-refractivity contribution in [3.05, 3.63) is 36.0 Å². The van der Waals surface area contributed by atoms with Gasteiger partial charge in [0.05, 0.1) is 6.10 Å². The van der Waals surface area contributed by atoms with E-state index in [1.807, 2.05) is 35.0 Å². The number of nitrogens with zero attached hydrogens (tertiary/aromatic N) is 2. The molecular weight excluding hydrogens is 252 g/mol. The van der Waals surface area contributed by atoms with Crippen molar-refractivity contribution in [2.75, 3.05) is 19.6 Å². The van der Waals surface area contributed by atoms with Gasteiger partial charge in [0.1, 0.15) is 0 Å². The summed E-state index contributed by atoms with van der Waals surface area (Å²) >= 11 is 0. The summed E-state index contributed by atoms with van der Waals surface area (Å²) in [6.07, 6.45) is 2.25. The quantitative estimate of drug-likeness (QED) is 0.787. The molecule has 4 heteroatoms. The van der Waals surface area contributed by atoms with Gasteiger partial charge in [-0.15, -0.1) is 0 Å². The van der Waals surface area contributed by atoms with Crippen LogP contribution in [0.2, 0.25) is 0 Å². The van der Waals surface area contributed by atoms with Crippen molar-refractivity contribution in [2.24, 2.45) is 0 Å². The molecule has 2 rings (SSSR count). The molecule has 1 unspecified atom stereocenters. The van der Waals surface area contributed by atoms with E-state index < -0.39 is 6.10 Å². The first-order valence-electron chi connectivity index (χ1n) is 7.13. The van der Waals surface area contributed by atoms with Crippen LogP contribution in [0, 0.1) is 0 Å². The maximum absolute atomic E-state index is 11.1. The van der Waals surface area contributed by atoms with E-state index in [4.69, 9.17) is 0 Å². The second kappa shape index (κ2) is 6.68. The molecule has 0 spiro atoms. The first kappa shape index (κ1) is 14.8. The molecule has 1 heterocycles. The third-order valence-corrected chi connectivity index (χ3v) is 3.72. The first-order valence-corrected chi connectivity index (χ1v) is 7.13. The first-order chi connectivity index (χ1) is 9.69. The fourth-order valence-electron chi connectivity index (χ4n) is 2.58. The van der Waals surface area contributed by atoms with Gasteiger partial charge in [0.25, 0.3) is 0 Å². The Kier molecular flexibility index (Phi) is 4.93. The van der Waals surface area contributed by atoms with E-state index in [9.17, 15) is 9.90 Å².